The van der Waals surface area contributed by atoms with E-state index in [0.29, 0.717) is 18.9 Å². The average molecular weight is 337 g/mol. The quantitative estimate of drug-likeness (QED) is 0.830. The van der Waals surface area contributed by atoms with Crippen molar-refractivity contribution in [3.05, 3.63) is 28.2 Å². The average Bonchev–Trinajstić information content (AvgIpc) is 3.25. The second-order valence-electron chi connectivity index (χ2n) is 5.75. The van der Waals surface area contributed by atoms with Crippen LogP contribution in [-0.4, -0.2) is 17.9 Å². The summed E-state index contributed by atoms with van der Waals surface area (Å²) in [5, 5.41) is 5.80. The van der Waals surface area contributed by atoms with Gasteiger partial charge in [-0.15, -0.1) is 0 Å². The van der Waals surface area contributed by atoms with Gasteiger partial charge in [0.2, 0.25) is 11.8 Å². The van der Waals surface area contributed by atoms with Crippen molar-refractivity contribution >= 4 is 33.4 Å². The molecular formula is C15H17BrN2O2. The normalized spacial score (nSPS) is 19.3. The van der Waals surface area contributed by atoms with Crippen LogP contribution in [0.25, 0.3) is 0 Å². The molecular weight excluding hydrogens is 320 g/mol. The van der Waals surface area contributed by atoms with Gasteiger partial charge in [0.05, 0.1) is 0 Å². The van der Waals surface area contributed by atoms with E-state index in [1.807, 2.05) is 25.1 Å². The summed E-state index contributed by atoms with van der Waals surface area (Å²) in [5.41, 5.74) is 0.958. The predicted molar refractivity (Wildman–Crippen MR) is 80.3 cm³/mol. The number of hydrogen-bond donors (Lipinski definition) is 2. The Balaban J connectivity index is 1.68. The Morgan fingerprint density at radius 2 is 1.95 bits per heavy atom. The van der Waals surface area contributed by atoms with Crippen LogP contribution in [0, 0.1) is 12.3 Å². The first-order valence-electron chi connectivity index (χ1n) is 6.90. The third-order valence-electron chi connectivity index (χ3n) is 3.95. The summed E-state index contributed by atoms with van der Waals surface area (Å²) in [4.78, 5) is 24.5. The van der Waals surface area contributed by atoms with Crippen molar-refractivity contribution in [2.75, 3.05) is 5.32 Å². The fourth-order valence-corrected chi connectivity index (χ4v) is 2.45. The minimum absolute atomic E-state index is 0.105. The van der Waals surface area contributed by atoms with E-state index >= 15 is 0 Å². The van der Waals surface area contributed by atoms with Crippen LogP contribution >= 0.6 is 15.9 Å². The lowest BCUT2D eigenvalue weighted by molar-refractivity contribution is -0.134. The summed E-state index contributed by atoms with van der Waals surface area (Å²) in [5.74, 6) is -0.288. The number of aryl methyl sites for hydroxylation is 1. The molecule has 0 bridgehead atoms. The van der Waals surface area contributed by atoms with E-state index in [1.54, 1.807) is 0 Å². The Morgan fingerprint density at radius 3 is 2.50 bits per heavy atom. The molecule has 0 saturated heterocycles. The van der Waals surface area contributed by atoms with E-state index in [1.165, 1.54) is 0 Å². The number of nitrogens with one attached hydrogen (secondary N) is 2. The van der Waals surface area contributed by atoms with Crippen molar-refractivity contribution in [1.29, 1.82) is 0 Å². The summed E-state index contributed by atoms with van der Waals surface area (Å²) in [6, 6.07) is 5.93. The fraction of sp³-hybridized carbons (Fsp3) is 0.467. The van der Waals surface area contributed by atoms with Crippen molar-refractivity contribution in [3.8, 4) is 0 Å². The number of rotatable bonds is 4. The van der Waals surface area contributed by atoms with Crippen LogP contribution in [0.5, 0.6) is 0 Å². The zero-order valence-corrected chi connectivity index (χ0v) is 12.9. The van der Waals surface area contributed by atoms with Crippen LogP contribution in [0.4, 0.5) is 5.69 Å². The Morgan fingerprint density at radius 1 is 1.25 bits per heavy atom. The topological polar surface area (TPSA) is 58.2 Å². The zero-order valence-electron chi connectivity index (χ0n) is 11.3. The lowest BCUT2D eigenvalue weighted by Crippen LogP contribution is -2.40. The van der Waals surface area contributed by atoms with Crippen molar-refractivity contribution in [1.82, 2.24) is 5.32 Å². The summed E-state index contributed by atoms with van der Waals surface area (Å²) in [6.45, 7) is 1.96. The van der Waals surface area contributed by atoms with E-state index in [0.717, 1.165) is 28.6 Å². The van der Waals surface area contributed by atoms with Gasteiger partial charge in [-0.3, -0.25) is 9.59 Å². The molecule has 2 fully saturated rings. The molecule has 106 valence electrons. The third-order valence-corrected chi connectivity index (χ3v) is 4.84. The van der Waals surface area contributed by atoms with Gasteiger partial charge in [-0.05, 0) is 56.4 Å². The van der Waals surface area contributed by atoms with Crippen molar-refractivity contribution < 1.29 is 9.59 Å². The molecule has 5 heteroatoms. The maximum absolute atomic E-state index is 12.4. The van der Waals surface area contributed by atoms with Crippen LogP contribution in [0.1, 0.15) is 31.2 Å². The first kappa shape index (κ1) is 13.6. The van der Waals surface area contributed by atoms with Gasteiger partial charge in [0, 0.05) is 16.2 Å². The second-order valence-corrected chi connectivity index (χ2v) is 6.60. The van der Waals surface area contributed by atoms with E-state index in [9.17, 15) is 9.59 Å². The largest absolute Gasteiger partial charge is 0.352 e. The van der Waals surface area contributed by atoms with Gasteiger partial charge in [-0.1, -0.05) is 15.9 Å². The number of hydrogen-bond acceptors (Lipinski definition) is 2. The lowest BCUT2D eigenvalue weighted by Gasteiger charge is -2.15. The highest BCUT2D eigenvalue weighted by Gasteiger charge is 2.57. The number of amides is 2. The van der Waals surface area contributed by atoms with Crippen molar-refractivity contribution in [2.24, 2.45) is 5.41 Å². The molecule has 0 heterocycles. The van der Waals surface area contributed by atoms with Crippen LogP contribution in [0.3, 0.4) is 0 Å². The summed E-state index contributed by atoms with van der Waals surface area (Å²) in [6.07, 6.45) is 3.37. The number of carbonyl (C=O) groups is 2. The Hall–Kier alpha value is -1.36. The lowest BCUT2D eigenvalue weighted by atomic mass is 10.0. The second kappa shape index (κ2) is 4.88. The van der Waals surface area contributed by atoms with Crippen molar-refractivity contribution in [3.63, 3.8) is 0 Å². The molecule has 0 unspecified atom stereocenters. The highest BCUT2D eigenvalue weighted by molar-refractivity contribution is 9.10. The number of halogens is 1. The fourth-order valence-electron chi connectivity index (χ4n) is 2.21. The monoisotopic (exact) mass is 336 g/mol. The summed E-state index contributed by atoms with van der Waals surface area (Å²) >= 11 is 3.43. The molecule has 0 radical (unpaired) electrons. The van der Waals surface area contributed by atoms with Gasteiger partial charge in [0.15, 0.2) is 0 Å². The standard InChI is InChI=1S/C15H17BrN2O2/c1-9-8-11(4-5-12(9)16)18-14(20)15(6-7-15)13(19)17-10-2-3-10/h4-5,8,10H,2-3,6-7H2,1H3,(H,17,19)(H,18,20). The molecule has 2 saturated carbocycles. The molecule has 2 amide bonds. The van der Waals surface area contributed by atoms with Crippen LogP contribution in [-0.2, 0) is 9.59 Å². The van der Waals surface area contributed by atoms with Gasteiger partial charge in [0.25, 0.3) is 0 Å². The summed E-state index contributed by atoms with van der Waals surface area (Å²) in [7, 11) is 0. The van der Waals surface area contributed by atoms with Crippen LogP contribution in [0.15, 0.2) is 22.7 Å². The van der Waals surface area contributed by atoms with Crippen molar-refractivity contribution in [2.45, 2.75) is 38.6 Å². The molecule has 0 spiro atoms. The van der Waals surface area contributed by atoms with Gasteiger partial charge < -0.3 is 10.6 Å². The number of benzene rings is 1. The molecule has 4 nitrogen and oxygen atoms in total. The Kier molecular flexibility index (Phi) is 3.32. The maximum atomic E-state index is 12.4. The Bertz CT molecular complexity index is 577. The smallest absolute Gasteiger partial charge is 0.240 e. The number of carbonyl (C=O) groups excluding carboxylic acids is 2. The molecule has 2 aliphatic rings. The van der Waals surface area contributed by atoms with Crippen LogP contribution < -0.4 is 10.6 Å². The first-order chi connectivity index (χ1) is 9.51. The SMILES string of the molecule is Cc1cc(NC(=O)C2(C(=O)NC3CC3)CC2)ccc1Br. The molecule has 0 atom stereocenters. The van der Waals surface area contributed by atoms with E-state index in [2.05, 4.69) is 26.6 Å². The molecule has 2 N–H and O–H groups in total. The van der Waals surface area contributed by atoms with Gasteiger partial charge in [-0.25, -0.2) is 0 Å². The molecule has 2 aliphatic carbocycles. The van der Waals surface area contributed by atoms with E-state index in [4.69, 9.17) is 0 Å². The van der Waals surface area contributed by atoms with E-state index in [-0.39, 0.29) is 11.8 Å². The van der Waals surface area contributed by atoms with E-state index < -0.39 is 5.41 Å². The molecule has 1 aromatic carbocycles. The highest BCUT2D eigenvalue weighted by Crippen LogP contribution is 2.47. The third kappa shape index (κ3) is 2.59. The minimum Gasteiger partial charge on any atom is -0.352 e. The molecule has 20 heavy (non-hydrogen) atoms. The minimum atomic E-state index is -0.830. The van der Waals surface area contributed by atoms with Gasteiger partial charge in [0.1, 0.15) is 5.41 Å². The Labute approximate surface area is 126 Å². The van der Waals surface area contributed by atoms with Crippen LogP contribution in [0.2, 0.25) is 0 Å². The predicted octanol–water partition coefficient (Wildman–Crippen LogP) is 2.75. The van der Waals surface area contributed by atoms with Gasteiger partial charge >= 0.3 is 0 Å². The van der Waals surface area contributed by atoms with Gasteiger partial charge in [-0.2, -0.15) is 0 Å². The first-order valence-corrected chi connectivity index (χ1v) is 7.69. The number of anilines is 1. The molecule has 0 aliphatic heterocycles. The maximum Gasteiger partial charge on any atom is 0.240 e. The molecule has 0 aromatic heterocycles. The molecule has 3 rings (SSSR count). The highest BCUT2D eigenvalue weighted by atomic mass is 79.9. The molecule has 1 aromatic rings. The summed E-state index contributed by atoms with van der Waals surface area (Å²) < 4.78 is 1.00. The zero-order chi connectivity index (χ0) is 14.3.